The van der Waals surface area contributed by atoms with Gasteiger partial charge in [-0.3, -0.25) is 10.2 Å². The lowest BCUT2D eigenvalue weighted by Gasteiger charge is -2.20. The van der Waals surface area contributed by atoms with E-state index in [1.54, 1.807) is 61.7 Å². The van der Waals surface area contributed by atoms with Gasteiger partial charge in [0.25, 0.3) is 5.91 Å². The van der Waals surface area contributed by atoms with Crippen LogP contribution in [0.4, 0.5) is 0 Å². The van der Waals surface area contributed by atoms with E-state index in [1.807, 2.05) is 6.92 Å². The molecule has 2 aromatic carbocycles. The maximum absolute atomic E-state index is 12.5. The van der Waals surface area contributed by atoms with Crippen LogP contribution in [0.3, 0.4) is 0 Å². The smallest absolute Gasteiger partial charge is 0.343 e. The Balaban J connectivity index is 1.47. The van der Waals surface area contributed by atoms with Gasteiger partial charge in [-0.1, -0.05) is 30.8 Å². The molecule has 2 heterocycles. The number of esters is 1. The molecule has 4 rings (SSSR count). The van der Waals surface area contributed by atoms with Gasteiger partial charge in [-0.25, -0.2) is 4.79 Å². The Hall–Kier alpha value is -3.37. The molecule has 2 aliphatic rings. The number of fused-ring (bicyclic) bond motifs is 1. The van der Waals surface area contributed by atoms with Gasteiger partial charge in [-0.15, -0.1) is 5.10 Å². The third-order valence-corrected chi connectivity index (χ3v) is 6.36. The van der Waals surface area contributed by atoms with Crippen LogP contribution in [0.5, 0.6) is 11.5 Å². The van der Waals surface area contributed by atoms with Crippen LogP contribution < -0.4 is 9.47 Å². The van der Waals surface area contributed by atoms with Gasteiger partial charge in [0, 0.05) is 0 Å². The number of hydrogen-bond donors (Lipinski definition) is 1. The molecule has 0 radical (unpaired) electrons. The first-order valence-corrected chi connectivity index (χ1v) is 11.4. The molecule has 10 heteroatoms. The Morgan fingerprint density at radius 1 is 1.16 bits per heavy atom. The van der Waals surface area contributed by atoms with E-state index in [4.69, 9.17) is 14.9 Å². The number of amidine groups is 2. The van der Waals surface area contributed by atoms with E-state index in [0.717, 1.165) is 10.1 Å². The molecule has 0 saturated carbocycles. The molecule has 2 aromatic rings. The molecule has 0 saturated heterocycles. The number of benzene rings is 2. The fourth-order valence-corrected chi connectivity index (χ4v) is 4.67. The lowest BCUT2D eigenvalue weighted by Crippen LogP contribution is -2.35. The number of hydrazone groups is 1. The van der Waals surface area contributed by atoms with E-state index in [0.29, 0.717) is 27.8 Å². The molecule has 0 aromatic heterocycles. The van der Waals surface area contributed by atoms with Crippen molar-refractivity contribution in [3.05, 3.63) is 65.2 Å². The summed E-state index contributed by atoms with van der Waals surface area (Å²) in [7, 11) is 1.55. The second kappa shape index (κ2) is 9.41. The van der Waals surface area contributed by atoms with Gasteiger partial charge in [0.2, 0.25) is 5.17 Å². The van der Waals surface area contributed by atoms with Crippen molar-refractivity contribution in [2.24, 2.45) is 10.1 Å². The van der Waals surface area contributed by atoms with Crippen LogP contribution in [0, 0.1) is 5.41 Å². The molecule has 1 N–H and O–H groups in total. The highest BCUT2D eigenvalue weighted by Crippen LogP contribution is 2.32. The van der Waals surface area contributed by atoms with Crippen molar-refractivity contribution >= 4 is 56.9 Å². The van der Waals surface area contributed by atoms with E-state index < -0.39 is 11.9 Å². The first kappa shape index (κ1) is 21.8. The van der Waals surface area contributed by atoms with E-state index in [9.17, 15) is 9.59 Å². The number of carbonyl (C=O) groups is 2. The Labute approximate surface area is 192 Å². The number of aliphatic imine (C=N–C) groups is 1. The topological polar surface area (TPSA) is 104 Å². The molecule has 162 valence electrons. The second-order valence-electron chi connectivity index (χ2n) is 6.51. The monoisotopic (exact) mass is 466 g/mol. The van der Waals surface area contributed by atoms with Crippen LogP contribution in [-0.4, -0.2) is 45.1 Å². The normalized spacial score (nSPS) is 16.6. The maximum atomic E-state index is 12.5. The first-order valence-electron chi connectivity index (χ1n) is 9.58. The van der Waals surface area contributed by atoms with E-state index in [2.05, 4.69) is 10.1 Å². The number of rotatable bonds is 5. The average Bonchev–Trinajstić information content (AvgIpc) is 3.20. The number of amides is 1. The SMILES string of the molecule is CCSC1=NN2C(=N)/C(=C/c3ccc(OC(=O)c4ccc(OC)cc4)cc3)C(=O)N=C2S1. The number of thioether (sulfide) groups is 2. The van der Waals surface area contributed by atoms with Crippen molar-refractivity contribution < 1.29 is 19.1 Å². The van der Waals surface area contributed by atoms with Crippen LogP contribution in [0.2, 0.25) is 0 Å². The lowest BCUT2D eigenvalue weighted by molar-refractivity contribution is -0.114. The van der Waals surface area contributed by atoms with Gasteiger partial charge >= 0.3 is 5.97 Å². The van der Waals surface area contributed by atoms with Crippen molar-refractivity contribution in [3.63, 3.8) is 0 Å². The highest BCUT2D eigenvalue weighted by molar-refractivity contribution is 8.45. The van der Waals surface area contributed by atoms with E-state index in [1.165, 1.54) is 28.5 Å². The third kappa shape index (κ3) is 4.61. The zero-order chi connectivity index (χ0) is 22.7. The van der Waals surface area contributed by atoms with Gasteiger partial charge < -0.3 is 9.47 Å². The molecule has 2 aliphatic heterocycles. The summed E-state index contributed by atoms with van der Waals surface area (Å²) in [4.78, 5) is 28.8. The summed E-state index contributed by atoms with van der Waals surface area (Å²) in [6.07, 6.45) is 1.57. The van der Waals surface area contributed by atoms with Crippen LogP contribution in [0.25, 0.3) is 6.08 Å². The van der Waals surface area contributed by atoms with E-state index in [-0.39, 0.29) is 11.4 Å². The van der Waals surface area contributed by atoms with Gasteiger partial charge in [0.15, 0.2) is 10.2 Å². The molecule has 0 aliphatic carbocycles. The molecule has 0 bridgehead atoms. The number of nitrogens with zero attached hydrogens (tertiary/aromatic N) is 3. The van der Waals surface area contributed by atoms with Crippen molar-refractivity contribution in [1.82, 2.24) is 5.01 Å². The molecular formula is C22H18N4O4S2. The Kier molecular flexibility index (Phi) is 6.42. The molecule has 32 heavy (non-hydrogen) atoms. The predicted molar refractivity (Wildman–Crippen MR) is 128 cm³/mol. The van der Waals surface area contributed by atoms with Gasteiger partial charge in [0.1, 0.15) is 11.5 Å². The maximum Gasteiger partial charge on any atom is 0.343 e. The minimum atomic E-state index is -0.491. The molecule has 0 unspecified atom stereocenters. The fraction of sp³-hybridized carbons (Fsp3) is 0.136. The minimum absolute atomic E-state index is 0.0192. The predicted octanol–water partition coefficient (Wildman–Crippen LogP) is 4.24. The first-order chi connectivity index (χ1) is 15.5. The van der Waals surface area contributed by atoms with Crippen molar-refractivity contribution in [3.8, 4) is 11.5 Å². The van der Waals surface area contributed by atoms with E-state index >= 15 is 0 Å². The zero-order valence-electron chi connectivity index (χ0n) is 17.2. The number of methoxy groups -OCH3 is 1. The largest absolute Gasteiger partial charge is 0.497 e. The van der Waals surface area contributed by atoms with Crippen LogP contribution in [0.15, 0.2) is 64.2 Å². The highest BCUT2D eigenvalue weighted by atomic mass is 32.2. The molecular weight excluding hydrogens is 448 g/mol. The summed E-state index contributed by atoms with van der Waals surface area (Å²) in [6.45, 7) is 2.01. The second-order valence-corrected chi connectivity index (χ2v) is 8.97. The average molecular weight is 467 g/mol. The standard InChI is InChI=1S/C22H18N4O4S2/c1-3-31-22-25-26-18(23)17(19(27)24-21(26)32-22)12-13-4-8-16(9-5-13)30-20(28)14-6-10-15(29-2)11-7-14/h4-12,23H,3H2,1-2H3/b17-12-,23-18?. The number of hydrogen-bond acceptors (Lipinski definition) is 8. The Morgan fingerprint density at radius 3 is 2.50 bits per heavy atom. The van der Waals surface area contributed by atoms with Gasteiger partial charge in [-0.05, 0) is 65.6 Å². The quantitative estimate of drug-likeness (QED) is 0.399. The summed E-state index contributed by atoms with van der Waals surface area (Å²) in [5.74, 6) is 0.856. The van der Waals surface area contributed by atoms with Crippen molar-refractivity contribution in [1.29, 1.82) is 5.41 Å². The van der Waals surface area contributed by atoms with Crippen LogP contribution in [-0.2, 0) is 4.79 Å². The molecule has 0 spiro atoms. The van der Waals surface area contributed by atoms with Crippen molar-refractivity contribution in [2.45, 2.75) is 6.92 Å². The molecule has 1 amide bonds. The fourth-order valence-electron chi connectivity index (χ4n) is 2.85. The van der Waals surface area contributed by atoms with Gasteiger partial charge in [0.05, 0.1) is 18.2 Å². The summed E-state index contributed by atoms with van der Waals surface area (Å²) >= 11 is 2.82. The van der Waals surface area contributed by atoms with Crippen LogP contribution >= 0.6 is 23.5 Å². The lowest BCUT2D eigenvalue weighted by atomic mass is 10.1. The summed E-state index contributed by atoms with van der Waals surface area (Å²) in [5.41, 5.74) is 1.21. The molecule has 8 nitrogen and oxygen atoms in total. The Morgan fingerprint density at radius 2 is 1.84 bits per heavy atom. The van der Waals surface area contributed by atoms with Gasteiger partial charge in [-0.2, -0.15) is 10.0 Å². The summed E-state index contributed by atoms with van der Waals surface area (Å²) in [6, 6.07) is 13.3. The zero-order valence-corrected chi connectivity index (χ0v) is 18.8. The van der Waals surface area contributed by atoms with Crippen LogP contribution in [0.1, 0.15) is 22.8 Å². The number of carbonyl (C=O) groups excluding carboxylic acids is 2. The minimum Gasteiger partial charge on any atom is -0.497 e. The number of ether oxygens (including phenoxy) is 2. The molecule has 0 atom stereocenters. The molecule has 0 fully saturated rings. The van der Waals surface area contributed by atoms with Crippen molar-refractivity contribution in [2.75, 3.05) is 12.9 Å². The summed E-state index contributed by atoms with van der Waals surface area (Å²) < 4.78 is 11.2. The number of nitrogens with one attached hydrogen (secondary N) is 1. The summed E-state index contributed by atoms with van der Waals surface area (Å²) in [5, 5.41) is 14.5. The third-order valence-electron chi connectivity index (χ3n) is 4.43. The highest BCUT2D eigenvalue weighted by Gasteiger charge is 2.35. The Bertz CT molecular complexity index is 1170.